The minimum absolute atomic E-state index is 0.0719. The molecule has 1 nitrogen and oxygen atoms in total. The number of hydrogen-bond acceptors (Lipinski definition) is 1. The summed E-state index contributed by atoms with van der Waals surface area (Å²) in [5.74, 6) is -0.0719. The van der Waals surface area contributed by atoms with Crippen LogP contribution in [0.3, 0.4) is 0 Å². The number of hydrogen-bond donors (Lipinski definition) is 1. The van der Waals surface area contributed by atoms with Gasteiger partial charge in [-0.1, -0.05) is 12.5 Å². The first-order valence-corrected chi connectivity index (χ1v) is 5.68. The van der Waals surface area contributed by atoms with Crippen LogP contribution in [0.4, 0.5) is 4.39 Å². The van der Waals surface area contributed by atoms with Gasteiger partial charge in [0, 0.05) is 6.04 Å². The van der Waals surface area contributed by atoms with Crippen molar-refractivity contribution < 1.29 is 4.39 Å². The van der Waals surface area contributed by atoms with E-state index in [-0.39, 0.29) is 5.82 Å². The molecule has 82 valence electrons. The number of piperidine rings is 1. The second-order valence-electron chi connectivity index (χ2n) is 4.46. The molecule has 1 aromatic rings. The van der Waals surface area contributed by atoms with Crippen LogP contribution in [0, 0.1) is 19.7 Å². The van der Waals surface area contributed by atoms with Gasteiger partial charge in [-0.25, -0.2) is 4.39 Å². The van der Waals surface area contributed by atoms with Gasteiger partial charge >= 0.3 is 0 Å². The number of aryl methyl sites for hydroxylation is 1. The monoisotopic (exact) mass is 207 g/mol. The highest BCUT2D eigenvalue weighted by Crippen LogP contribution is 2.27. The molecule has 1 aliphatic heterocycles. The quantitative estimate of drug-likeness (QED) is 0.745. The second kappa shape index (κ2) is 4.31. The van der Waals surface area contributed by atoms with E-state index in [1.807, 2.05) is 13.8 Å². The van der Waals surface area contributed by atoms with Gasteiger partial charge in [0.1, 0.15) is 5.82 Å². The van der Waals surface area contributed by atoms with E-state index in [1.165, 1.54) is 12.8 Å². The average Bonchev–Trinajstić information content (AvgIpc) is 2.24. The lowest BCUT2D eigenvalue weighted by atomic mass is 9.92. The van der Waals surface area contributed by atoms with Crippen molar-refractivity contribution in [2.45, 2.75) is 39.2 Å². The zero-order chi connectivity index (χ0) is 10.8. The maximum Gasteiger partial charge on any atom is 0.126 e. The highest BCUT2D eigenvalue weighted by atomic mass is 19.1. The van der Waals surface area contributed by atoms with E-state index < -0.39 is 0 Å². The molecule has 1 N–H and O–H groups in total. The minimum Gasteiger partial charge on any atom is -0.310 e. The summed E-state index contributed by atoms with van der Waals surface area (Å²) < 4.78 is 13.6. The van der Waals surface area contributed by atoms with Crippen molar-refractivity contribution >= 4 is 0 Å². The molecule has 0 saturated carbocycles. The Hall–Kier alpha value is -0.890. The maximum absolute atomic E-state index is 13.6. The third-order valence-corrected chi connectivity index (χ3v) is 3.21. The molecule has 2 rings (SSSR count). The van der Waals surface area contributed by atoms with Crippen molar-refractivity contribution in [1.29, 1.82) is 0 Å². The van der Waals surface area contributed by atoms with E-state index in [2.05, 4.69) is 11.4 Å². The minimum atomic E-state index is -0.0719. The van der Waals surface area contributed by atoms with Crippen molar-refractivity contribution in [1.82, 2.24) is 5.32 Å². The van der Waals surface area contributed by atoms with Crippen LogP contribution in [0.25, 0.3) is 0 Å². The molecule has 2 heteroatoms. The SMILES string of the molecule is Cc1cc(F)c(C)c(C2CCCCN2)c1. The van der Waals surface area contributed by atoms with E-state index >= 15 is 0 Å². The fraction of sp³-hybridized carbons (Fsp3) is 0.538. The number of halogens is 1. The summed E-state index contributed by atoms with van der Waals surface area (Å²) in [5, 5.41) is 3.46. The molecule has 0 spiro atoms. The predicted molar refractivity (Wildman–Crippen MR) is 60.5 cm³/mol. The van der Waals surface area contributed by atoms with E-state index in [1.54, 1.807) is 6.07 Å². The van der Waals surface area contributed by atoms with Crippen LogP contribution in [0.5, 0.6) is 0 Å². The Morgan fingerprint density at radius 2 is 2.07 bits per heavy atom. The third-order valence-electron chi connectivity index (χ3n) is 3.21. The average molecular weight is 207 g/mol. The molecule has 1 aliphatic rings. The molecule has 1 atom stereocenters. The van der Waals surface area contributed by atoms with Crippen LogP contribution >= 0.6 is 0 Å². The van der Waals surface area contributed by atoms with Crippen molar-refractivity contribution in [2.75, 3.05) is 6.54 Å². The van der Waals surface area contributed by atoms with Crippen molar-refractivity contribution in [3.63, 3.8) is 0 Å². The molecular formula is C13H18FN. The molecule has 0 bridgehead atoms. The zero-order valence-electron chi connectivity index (χ0n) is 9.44. The summed E-state index contributed by atoms with van der Waals surface area (Å²) in [6.45, 7) is 4.88. The van der Waals surface area contributed by atoms with E-state index in [9.17, 15) is 4.39 Å². The van der Waals surface area contributed by atoms with Crippen molar-refractivity contribution in [2.24, 2.45) is 0 Å². The van der Waals surface area contributed by atoms with Gasteiger partial charge in [0.05, 0.1) is 0 Å². The Morgan fingerprint density at radius 3 is 2.73 bits per heavy atom. The van der Waals surface area contributed by atoms with E-state index in [0.717, 1.165) is 29.7 Å². The Morgan fingerprint density at radius 1 is 1.27 bits per heavy atom. The van der Waals surface area contributed by atoms with Gasteiger partial charge in [0.25, 0.3) is 0 Å². The lowest BCUT2D eigenvalue weighted by molar-refractivity contribution is 0.409. The summed E-state index contributed by atoms with van der Waals surface area (Å²) in [4.78, 5) is 0. The third kappa shape index (κ3) is 2.20. The first-order valence-electron chi connectivity index (χ1n) is 5.68. The summed E-state index contributed by atoms with van der Waals surface area (Å²) in [6, 6.07) is 4.08. The number of rotatable bonds is 1. The standard InChI is InChI=1S/C13H18FN/c1-9-7-11(10(2)12(14)8-9)13-5-3-4-6-15-13/h7-8,13,15H,3-6H2,1-2H3. The molecule has 1 heterocycles. The maximum atomic E-state index is 13.6. The summed E-state index contributed by atoms with van der Waals surface area (Å²) in [6.07, 6.45) is 3.61. The summed E-state index contributed by atoms with van der Waals surface area (Å²) in [5.41, 5.74) is 2.97. The molecule has 0 aromatic heterocycles. The van der Waals surface area contributed by atoms with Gasteiger partial charge in [-0.3, -0.25) is 0 Å². The first-order chi connectivity index (χ1) is 7.18. The molecule has 1 unspecified atom stereocenters. The van der Waals surface area contributed by atoms with Gasteiger partial charge in [-0.2, -0.15) is 0 Å². The van der Waals surface area contributed by atoms with Gasteiger partial charge in [0.2, 0.25) is 0 Å². The lowest BCUT2D eigenvalue weighted by Gasteiger charge is -2.25. The van der Waals surface area contributed by atoms with Gasteiger partial charge in [-0.05, 0) is 56.0 Å². The zero-order valence-corrected chi connectivity index (χ0v) is 9.44. The Labute approximate surface area is 90.7 Å². The second-order valence-corrected chi connectivity index (χ2v) is 4.46. The Kier molecular flexibility index (Phi) is 3.06. The molecule has 1 aromatic carbocycles. The largest absolute Gasteiger partial charge is 0.310 e. The fourth-order valence-electron chi connectivity index (χ4n) is 2.32. The molecule has 15 heavy (non-hydrogen) atoms. The molecule has 1 saturated heterocycles. The smallest absolute Gasteiger partial charge is 0.126 e. The van der Waals surface area contributed by atoms with Crippen molar-refractivity contribution in [3.05, 3.63) is 34.6 Å². The summed E-state index contributed by atoms with van der Waals surface area (Å²) in [7, 11) is 0. The van der Waals surface area contributed by atoms with Gasteiger partial charge < -0.3 is 5.32 Å². The molecule has 0 amide bonds. The highest BCUT2D eigenvalue weighted by molar-refractivity contribution is 5.34. The van der Waals surface area contributed by atoms with Crippen LogP contribution in [0.15, 0.2) is 12.1 Å². The van der Waals surface area contributed by atoms with Gasteiger partial charge in [-0.15, -0.1) is 0 Å². The molecule has 0 aliphatic carbocycles. The fourth-order valence-corrected chi connectivity index (χ4v) is 2.32. The first kappa shape index (κ1) is 10.6. The topological polar surface area (TPSA) is 12.0 Å². The van der Waals surface area contributed by atoms with E-state index in [0.29, 0.717) is 6.04 Å². The van der Waals surface area contributed by atoms with Crippen LogP contribution in [0.1, 0.15) is 42.0 Å². The molecule has 0 radical (unpaired) electrons. The van der Waals surface area contributed by atoms with E-state index in [4.69, 9.17) is 0 Å². The molecular weight excluding hydrogens is 189 g/mol. The number of benzene rings is 1. The van der Waals surface area contributed by atoms with Crippen molar-refractivity contribution in [3.8, 4) is 0 Å². The Bertz CT molecular complexity index is 354. The van der Waals surface area contributed by atoms with Crippen LogP contribution < -0.4 is 5.32 Å². The Balaban J connectivity index is 2.33. The highest BCUT2D eigenvalue weighted by Gasteiger charge is 2.18. The normalized spacial score (nSPS) is 21.7. The molecule has 1 fully saturated rings. The van der Waals surface area contributed by atoms with Crippen LogP contribution in [0.2, 0.25) is 0 Å². The van der Waals surface area contributed by atoms with Crippen LogP contribution in [-0.4, -0.2) is 6.54 Å². The lowest BCUT2D eigenvalue weighted by Crippen LogP contribution is -2.27. The van der Waals surface area contributed by atoms with Crippen LogP contribution in [-0.2, 0) is 0 Å². The number of nitrogens with one attached hydrogen (secondary N) is 1. The summed E-state index contributed by atoms with van der Waals surface area (Å²) >= 11 is 0. The predicted octanol–water partition coefficient (Wildman–Crippen LogP) is 3.26. The van der Waals surface area contributed by atoms with Gasteiger partial charge in [0.15, 0.2) is 0 Å².